The monoisotopic (exact) mass is 348 g/mol. The first-order valence-electron chi connectivity index (χ1n) is 8.14. The van der Waals surface area contributed by atoms with Crippen LogP contribution in [0.3, 0.4) is 0 Å². The van der Waals surface area contributed by atoms with E-state index < -0.39 is 0 Å². The van der Waals surface area contributed by atoms with Crippen LogP contribution in [0, 0.1) is 11.3 Å². The largest absolute Gasteiger partial charge is 0.345 e. The minimum atomic E-state index is 0.0217. The van der Waals surface area contributed by atoms with E-state index in [9.17, 15) is 4.79 Å². The van der Waals surface area contributed by atoms with E-state index in [4.69, 9.17) is 10.2 Å². The second-order valence-corrected chi connectivity index (χ2v) is 6.94. The first-order chi connectivity index (χ1) is 12.2. The van der Waals surface area contributed by atoms with E-state index >= 15 is 0 Å². The Morgan fingerprint density at radius 3 is 2.44 bits per heavy atom. The van der Waals surface area contributed by atoms with Crippen molar-refractivity contribution in [3.8, 4) is 6.07 Å². The number of thiazole rings is 1. The molecule has 1 aliphatic heterocycles. The normalized spacial score (nSPS) is 14.5. The molecule has 1 aliphatic rings. The molecule has 124 valence electrons. The first-order valence-corrected chi connectivity index (χ1v) is 8.96. The summed E-state index contributed by atoms with van der Waals surface area (Å²) in [5.74, 6) is 0.0217. The molecule has 2 aromatic carbocycles. The van der Waals surface area contributed by atoms with Gasteiger partial charge < -0.3 is 9.80 Å². The molecule has 1 aromatic heterocycles. The minimum Gasteiger partial charge on any atom is -0.345 e. The average molecular weight is 348 g/mol. The van der Waals surface area contributed by atoms with Crippen molar-refractivity contribution in [1.82, 2.24) is 9.88 Å². The number of amides is 1. The van der Waals surface area contributed by atoms with Gasteiger partial charge in [0.1, 0.15) is 0 Å². The van der Waals surface area contributed by atoms with Crippen LogP contribution in [0.1, 0.15) is 15.9 Å². The van der Waals surface area contributed by atoms with E-state index in [1.165, 1.54) is 4.70 Å². The quantitative estimate of drug-likeness (QED) is 0.714. The zero-order valence-corrected chi connectivity index (χ0v) is 14.4. The summed E-state index contributed by atoms with van der Waals surface area (Å²) in [4.78, 5) is 21.4. The fraction of sp³-hybridized carbons (Fsp3) is 0.211. The number of nitrogens with zero attached hydrogens (tertiary/aromatic N) is 4. The molecule has 0 spiro atoms. The smallest absolute Gasteiger partial charge is 0.253 e. The summed E-state index contributed by atoms with van der Waals surface area (Å²) in [5.41, 5.74) is 2.23. The fourth-order valence-corrected chi connectivity index (χ4v) is 3.98. The summed E-state index contributed by atoms with van der Waals surface area (Å²) < 4.78 is 1.19. The molecule has 6 heteroatoms. The van der Waals surface area contributed by atoms with E-state index in [-0.39, 0.29) is 5.91 Å². The van der Waals surface area contributed by atoms with Crippen LogP contribution in [0.15, 0.2) is 48.5 Å². The van der Waals surface area contributed by atoms with Crippen molar-refractivity contribution in [2.75, 3.05) is 31.1 Å². The molecule has 0 bridgehead atoms. The molecule has 0 saturated carbocycles. The van der Waals surface area contributed by atoms with Gasteiger partial charge in [-0.1, -0.05) is 23.5 Å². The first kappa shape index (κ1) is 15.6. The van der Waals surface area contributed by atoms with Gasteiger partial charge in [0.15, 0.2) is 5.13 Å². The number of nitriles is 1. The second kappa shape index (κ2) is 6.54. The highest BCUT2D eigenvalue weighted by Crippen LogP contribution is 2.29. The Morgan fingerprint density at radius 2 is 1.76 bits per heavy atom. The molecule has 2 heterocycles. The molecule has 0 radical (unpaired) electrons. The van der Waals surface area contributed by atoms with Crippen LogP contribution in [0.2, 0.25) is 0 Å². The lowest BCUT2D eigenvalue weighted by Gasteiger charge is -2.34. The molecule has 0 atom stereocenters. The van der Waals surface area contributed by atoms with E-state index in [1.807, 2.05) is 23.1 Å². The summed E-state index contributed by atoms with van der Waals surface area (Å²) in [7, 11) is 0. The molecular formula is C19H16N4OS. The van der Waals surface area contributed by atoms with Crippen molar-refractivity contribution in [3.63, 3.8) is 0 Å². The highest BCUT2D eigenvalue weighted by atomic mass is 32.1. The zero-order chi connectivity index (χ0) is 17.2. The van der Waals surface area contributed by atoms with Crippen LogP contribution < -0.4 is 4.90 Å². The minimum absolute atomic E-state index is 0.0217. The molecule has 1 saturated heterocycles. The third-order valence-electron chi connectivity index (χ3n) is 4.38. The van der Waals surface area contributed by atoms with E-state index in [1.54, 1.807) is 35.6 Å². The van der Waals surface area contributed by atoms with Crippen LogP contribution in [-0.4, -0.2) is 42.0 Å². The number of hydrogen-bond donors (Lipinski definition) is 0. The SMILES string of the molecule is N#Cc1ccc(C(=O)N2CCN(c3nc4ccccc4s3)CC2)cc1. The Kier molecular flexibility index (Phi) is 4.08. The number of anilines is 1. The number of rotatable bonds is 2. The number of piperazine rings is 1. The van der Waals surface area contributed by atoms with Crippen LogP contribution in [0.25, 0.3) is 10.2 Å². The van der Waals surface area contributed by atoms with Crippen molar-refractivity contribution in [2.24, 2.45) is 0 Å². The van der Waals surface area contributed by atoms with Crippen molar-refractivity contribution < 1.29 is 4.79 Å². The maximum absolute atomic E-state index is 12.6. The number of fused-ring (bicyclic) bond motifs is 1. The Balaban J connectivity index is 1.43. The Hall–Kier alpha value is -2.91. The molecule has 0 N–H and O–H groups in total. The lowest BCUT2D eigenvalue weighted by molar-refractivity contribution is 0.0747. The van der Waals surface area contributed by atoms with Crippen LogP contribution in [0.4, 0.5) is 5.13 Å². The topological polar surface area (TPSA) is 60.2 Å². The molecule has 1 amide bonds. The number of carbonyl (C=O) groups excluding carboxylic acids is 1. The third-order valence-corrected chi connectivity index (χ3v) is 5.48. The molecule has 0 aliphatic carbocycles. The van der Waals surface area contributed by atoms with Gasteiger partial charge in [0.2, 0.25) is 0 Å². The Morgan fingerprint density at radius 1 is 1.04 bits per heavy atom. The van der Waals surface area contributed by atoms with E-state index in [0.717, 1.165) is 23.7 Å². The summed E-state index contributed by atoms with van der Waals surface area (Å²) >= 11 is 1.69. The predicted molar refractivity (Wildman–Crippen MR) is 98.9 cm³/mol. The molecule has 3 aromatic rings. The molecule has 25 heavy (non-hydrogen) atoms. The van der Waals surface area contributed by atoms with Gasteiger partial charge >= 0.3 is 0 Å². The highest BCUT2D eigenvalue weighted by molar-refractivity contribution is 7.22. The fourth-order valence-electron chi connectivity index (χ4n) is 2.97. The number of benzene rings is 2. The van der Waals surface area contributed by atoms with Gasteiger partial charge in [0, 0.05) is 31.7 Å². The maximum atomic E-state index is 12.6. The summed E-state index contributed by atoms with van der Waals surface area (Å²) in [6, 6.07) is 17.0. The van der Waals surface area contributed by atoms with Crippen molar-refractivity contribution >= 4 is 32.6 Å². The standard InChI is InChI=1S/C19H16N4OS/c20-13-14-5-7-15(8-6-14)18(24)22-9-11-23(12-10-22)19-21-16-3-1-2-4-17(16)25-19/h1-8H,9-12H2. The second-order valence-electron chi connectivity index (χ2n) is 5.93. The number of para-hydroxylation sites is 1. The van der Waals surface area contributed by atoms with Gasteiger partial charge in [0.25, 0.3) is 5.91 Å². The zero-order valence-electron chi connectivity index (χ0n) is 13.6. The number of hydrogen-bond acceptors (Lipinski definition) is 5. The summed E-state index contributed by atoms with van der Waals surface area (Å²) in [6.45, 7) is 2.91. The van der Waals surface area contributed by atoms with Crippen LogP contribution >= 0.6 is 11.3 Å². The van der Waals surface area contributed by atoms with Crippen molar-refractivity contribution in [2.45, 2.75) is 0 Å². The van der Waals surface area contributed by atoms with Crippen molar-refractivity contribution in [1.29, 1.82) is 5.26 Å². The van der Waals surface area contributed by atoms with Crippen LogP contribution in [-0.2, 0) is 0 Å². The Bertz CT molecular complexity index is 916. The summed E-state index contributed by atoms with van der Waals surface area (Å²) in [5, 5.41) is 9.87. The van der Waals surface area contributed by atoms with E-state index in [0.29, 0.717) is 24.2 Å². The average Bonchev–Trinajstić information content (AvgIpc) is 3.12. The third kappa shape index (κ3) is 3.06. The lowest BCUT2D eigenvalue weighted by atomic mass is 10.1. The predicted octanol–water partition coefficient (Wildman–Crippen LogP) is 3.13. The number of aromatic nitrogens is 1. The van der Waals surface area contributed by atoms with Crippen molar-refractivity contribution in [3.05, 3.63) is 59.7 Å². The van der Waals surface area contributed by atoms with Gasteiger partial charge in [-0.05, 0) is 36.4 Å². The van der Waals surface area contributed by atoms with Crippen LogP contribution in [0.5, 0.6) is 0 Å². The molecule has 4 rings (SSSR count). The highest BCUT2D eigenvalue weighted by Gasteiger charge is 2.23. The van der Waals surface area contributed by atoms with Gasteiger partial charge in [-0.15, -0.1) is 0 Å². The van der Waals surface area contributed by atoms with Gasteiger partial charge in [-0.3, -0.25) is 4.79 Å². The maximum Gasteiger partial charge on any atom is 0.253 e. The molecule has 1 fully saturated rings. The van der Waals surface area contributed by atoms with E-state index in [2.05, 4.69) is 17.0 Å². The Labute approximate surface area is 149 Å². The number of carbonyl (C=O) groups is 1. The van der Waals surface area contributed by atoms with Gasteiger partial charge in [-0.2, -0.15) is 5.26 Å². The molecule has 5 nitrogen and oxygen atoms in total. The molecular weight excluding hydrogens is 332 g/mol. The lowest BCUT2D eigenvalue weighted by Crippen LogP contribution is -2.48. The van der Waals surface area contributed by atoms with Gasteiger partial charge in [0.05, 0.1) is 21.8 Å². The molecule has 0 unspecified atom stereocenters. The van der Waals surface area contributed by atoms with Gasteiger partial charge in [-0.25, -0.2) is 4.98 Å². The summed E-state index contributed by atoms with van der Waals surface area (Å²) in [6.07, 6.45) is 0.